The van der Waals surface area contributed by atoms with Crippen LogP contribution in [0.15, 0.2) is 30.6 Å². The van der Waals surface area contributed by atoms with Crippen LogP contribution in [0.3, 0.4) is 0 Å². The van der Waals surface area contributed by atoms with Gasteiger partial charge in [-0.15, -0.1) is 0 Å². The maximum atomic E-state index is 12.9. The summed E-state index contributed by atoms with van der Waals surface area (Å²) in [4.78, 5) is 27.7. The highest BCUT2D eigenvalue weighted by Crippen LogP contribution is 2.28. The van der Waals surface area contributed by atoms with Crippen molar-refractivity contribution in [2.75, 3.05) is 37.7 Å². The van der Waals surface area contributed by atoms with Crippen LogP contribution in [0.2, 0.25) is 0 Å². The number of nitro groups is 1. The van der Waals surface area contributed by atoms with Crippen molar-refractivity contribution in [3.63, 3.8) is 0 Å². The number of aromatic nitrogens is 2. The predicted molar refractivity (Wildman–Crippen MR) is 107 cm³/mol. The number of likely N-dealkylation sites (tertiary alicyclic amines) is 1. The number of carbonyl (C=O) groups is 1. The van der Waals surface area contributed by atoms with Crippen molar-refractivity contribution in [3.8, 4) is 0 Å². The zero-order valence-electron chi connectivity index (χ0n) is 16.5. The number of carbonyl (C=O) groups excluding carboxylic acids is 1. The lowest BCUT2D eigenvalue weighted by molar-refractivity contribution is -0.385. The Morgan fingerprint density at radius 1 is 1.31 bits per heavy atom. The molecule has 1 amide bonds. The Morgan fingerprint density at radius 3 is 2.79 bits per heavy atom. The number of hydrogen-bond acceptors (Lipinski definition) is 6. The van der Waals surface area contributed by atoms with Crippen LogP contribution in [0.4, 0.5) is 11.4 Å². The molecule has 0 N–H and O–H groups in total. The number of hydrogen-bond donors (Lipinski definition) is 0. The summed E-state index contributed by atoms with van der Waals surface area (Å²) >= 11 is 0. The van der Waals surface area contributed by atoms with E-state index in [2.05, 4.69) is 10.00 Å². The van der Waals surface area contributed by atoms with E-state index < -0.39 is 4.92 Å². The fourth-order valence-corrected chi connectivity index (χ4v) is 3.98. The molecule has 0 aliphatic carbocycles. The van der Waals surface area contributed by atoms with E-state index >= 15 is 0 Å². The zero-order valence-corrected chi connectivity index (χ0v) is 16.5. The van der Waals surface area contributed by atoms with Gasteiger partial charge in [0.25, 0.3) is 11.6 Å². The molecule has 1 aromatic heterocycles. The number of morpholine rings is 1. The topological polar surface area (TPSA) is 93.7 Å². The van der Waals surface area contributed by atoms with Gasteiger partial charge in [0, 0.05) is 44.1 Å². The van der Waals surface area contributed by atoms with Gasteiger partial charge in [0.05, 0.1) is 30.4 Å². The summed E-state index contributed by atoms with van der Waals surface area (Å²) < 4.78 is 7.74. The number of rotatable bonds is 5. The number of nitro benzene ring substituents is 1. The summed E-state index contributed by atoms with van der Waals surface area (Å²) in [6.07, 6.45) is 5.62. The van der Waals surface area contributed by atoms with E-state index in [1.807, 2.05) is 24.0 Å². The average molecular weight is 399 g/mol. The zero-order chi connectivity index (χ0) is 20.4. The SMILES string of the molecule is Cc1cnn(CC2CN(c3ccc([N+](=O)[O-])c(C(=O)N4CCCC4)c3)CCO2)c1. The summed E-state index contributed by atoms with van der Waals surface area (Å²) in [5, 5.41) is 15.8. The Hall–Kier alpha value is -2.94. The van der Waals surface area contributed by atoms with Gasteiger partial charge in [0.1, 0.15) is 5.56 Å². The van der Waals surface area contributed by atoms with Crippen LogP contribution >= 0.6 is 0 Å². The van der Waals surface area contributed by atoms with E-state index in [-0.39, 0.29) is 23.3 Å². The molecule has 1 unspecified atom stereocenters. The summed E-state index contributed by atoms with van der Waals surface area (Å²) in [6, 6.07) is 4.83. The van der Waals surface area contributed by atoms with Gasteiger partial charge >= 0.3 is 0 Å². The molecular weight excluding hydrogens is 374 g/mol. The molecule has 0 radical (unpaired) electrons. The van der Waals surface area contributed by atoms with Crippen molar-refractivity contribution in [1.82, 2.24) is 14.7 Å². The molecule has 1 aromatic carbocycles. The lowest BCUT2D eigenvalue weighted by Crippen LogP contribution is -2.44. The second kappa shape index (κ2) is 8.20. The molecule has 154 valence electrons. The second-order valence-electron chi connectivity index (χ2n) is 7.64. The lowest BCUT2D eigenvalue weighted by Gasteiger charge is -2.34. The predicted octanol–water partition coefficient (Wildman–Crippen LogP) is 2.24. The molecule has 9 nitrogen and oxygen atoms in total. The first kappa shape index (κ1) is 19.4. The molecule has 29 heavy (non-hydrogen) atoms. The minimum absolute atomic E-state index is 0.0454. The highest BCUT2D eigenvalue weighted by Gasteiger charge is 2.29. The fourth-order valence-electron chi connectivity index (χ4n) is 3.98. The summed E-state index contributed by atoms with van der Waals surface area (Å²) in [5.41, 5.74) is 1.93. The van der Waals surface area contributed by atoms with Gasteiger partial charge in [-0.2, -0.15) is 5.10 Å². The number of nitrogens with zero attached hydrogens (tertiary/aromatic N) is 5. The smallest absolute Gasteiger partial charge is 0.282 e. The molecule has 1 atom stereocenters. The summed E-state index contributed by atoms with van der Waals surface area (Å²) in [6.45, 7) is 5.80. The third-order valence-corrected chi connectivity index (χ3v) is 5.46. The number of amides is 1. The second-order valence-corrected chi connectivity index (χ2v) is 7.64. The van der Waals surface area contributed by atoms with Crippen molar-refractivity contribution in [2.45, 2.75) is 32.4 Å². The summed E-state index contributed by atoms with van der Waals surface area (Å²) in [7, 11) is 0. The largest absolute Gasteiger partial charge is 0.373 e. The molecular formula is C20H25N5O4. The van der Waals surface area contributed by atoms with Gasteiger partial charge < -0.3 is 14.5 Å². The maximum Gasteiger partial charge on any atom is 0.282 e. The molecule has 2 aromatic rings. The van der Waals surface area contributed by atoms with Crippen molar-refractivity contribution in [2.24, 2.45) is 0 Å². The summed E-state index contributed by atoms with van der Waals surface area (Å²) in [5.74, 6) is -0.257. The molecule has 3 heterocycles. The standard InChI is InChI=1S/C20H25N5O4/c1-15-11-21-24(12-15)14-17-13-23(8-9-29-17)16-4-5-19(25(27)28)18(10-16)20(26)22-6-2-3-7-22/h4-5,10-12,17H,2-3,6-9,13-14H2,1H3. The monoisotopic (exact) mass is 399 g/mol. The van der Waals surface area contributed by atoms with Crippen LogP contribution in [-0.2, 0) is 11.3 Å². The van der Waals surface area contributed by atoms with E-state index in [4.69, 9.17) is 4.74 Å². The number of aryl methyl sites for hydroxylation is 1. The van der Waals surface area contributed by atoms with Crippen LogP contribution < -0.4 is 4.90 Å². The number of ether oxygens (including phenoxy) is 1. The van der Waals surface area contributed by atoms with Crippen molar-refractivity contribution in [1.29, 1.82) is 0 Å². The van der Waals surface area contributed by atoms with E-state index in [1.165, 1.54) is 6.07 Å². The molecule has 4 rings (SSSR count). The Labute approximate surface area is 169 Å². The van der Waals surface area contributed by atoms with Crippen molar-refractivity contribution < 1.29 is 14.5 Å². The Kier molecular flexibility index (Phi) is 5.48. The van der Waals surface area contributed by atoms with Gasteiger partial charge in [-0.1, -0.05) is 0 Å². The highest BCUT2D eigenvalue weighted by atomic mass is 16.6. The van der Waals surface area contributed by atoms with Crippen LogP contribution in [0.5, 0.6) is 0 Å². The van der Waals surface area contributed by atoms with Gasteiger partial charge in [0.2, 0.25) is 0 Å². The van der Waals surface area contributed by atoms with Crippen LogP contribution in [0.25, 0.3) is 0 Å². The Balaban J connectivity index is 1.54. The molecule has 2 fully saturated rings. The van der Waals surface area contributed by atoms with E-state index in [0.29, 0.717) is 39.3 Å². The maximum absolute atomic E-state index is 12.9. The van der Waals surface area contributed by atoms with Crippen molar-refractivity contribution in [3.05, 3.63) is 51.8 Å². The highest BCUT2D eigenvalue weighted by molar-refractivity contribution is 5.99. The third kappa shape index (κ3) is 4.24. The first-order chi connectivity index (χ1) is 14.0. The number of anilines is 1. The van der Waals surface area contributed by atoms with Crippen LogP contribution in [0, 0.1) is 17.0 Å². The lowest BCUT2D eigenvalue weighted by atomic mass is 10.1. The quantitative estimate of drug-likeness (QED) is 0.565. The normalized spacial score (nSPS) is 19.6. The van der Waals surface area contributed by atoms with E-state index in [0.717, 1.165) is 24.1 Å². The minimum Gasteiger partial charge on any atom is -0.373 e. The fraction of sp³-hybridized carbons (Fsp3) is 0.500. The molecule has 0 spiro atoms. The molecule has 0 saturated carbocycles. The van der Waals surface area contributed by atoms with Gasteiger partial charge in [-0.05, 0) is 37.5 Å². The van der Waals surface area contributed by atoms with Gasteiger partial charge in [-0.25, -0.2) is 0 Å². The van der Waals surface area contributed by atoms with Crippen LogP contribution in [-0.4, -0.2) is 64.4 Å². The third-order valence-electron chi connectivity index (χ3n) is 5.46. The Bertz CT molecular complexity index is 906. The minimum atomic E-state index is -0.477. The first-order valence-electron chi connectivity index (χ1n) is 9.94. The first-order valence-corrected chi connectivity index (χ1v) is 9.94. The Morgan fingerprint density at radius 2 is 2.10 bits per heavy atom. The van der Waals surface area contributed by atoms with Crippen LogP contribution in [0.1, 0.15) is 28.8 Å². The van der Waals surface area contributed by atoms with Crippen molar-refractivity contribution >= 4 is 17.3 Å². The van der Waals surface area contributed by atoms with Gasteiger partial charge in [0.15, 0.2) is 0 Å². The number of benzene rings is 1. The van der Waals surface area contributed by atoms with Gasteiger partial charge in [-0.3, -0.25) is 19.6 Å². The average Bonchev–Trinajstić information content (AvgIpc) is 3.39. The molecule has 0 bridgehead atoms. The molecule has 2 aliphatic rings. The molecule has 2 aliphatic heterocycles. The van der Waals surface area contributed by atoms with E-state index in [1.54, 1.807) is 17.0 Å². The van der Waals surface area contributed by atoms with E-state index in [9.17, 15) is 14.9 Å². The molecule has 9 heteroatoms. The molecule has 2 saturated heterocycles.